The van der Waals surface area contributed by atoms with Gasteiger partial charge in [0.25, 0.3) is 0 Å². The lowest BCUT2D eigenvalue weighted by atomic mass is 10.2. The van der Waals surface area contributed by atoms with E-state index in [0.717, 1.165) is 11.1 Å². The molecule has 2 rings (SSSR count). The summed E-state index contributed by atoms with van der Waals surface area (Å²) in [6.45, 7) is 2.13. The molecule has 0 heterocycles. The molecule has 144 valence electrons. The number of ether oxygens (including phenoxy) is 2. The van der Waals surface area contributed by atoms with Gasteiger partial charge in [0.1, 0.15) is 0 Å². The van der Waals surface area contributed by atoms with Crippen molar-refractivity contribution >= 4 is 51.3 Å². The number of carbonyl (C=O) groups is 1. The van der Waals surface area contributed by atoms with Crippen molar-refractivity contribution in [1.29, 1.82) is 0 Å². The Morgan fingerprint density at radius 2 is 2.00 bits per heavy atom. The molecule has 0 aliphatic rings. The molecule has 0 spiro atoms. The van der Waals surface area contributed by atoms with Gasteiger partial charge in [0, 0.05) is 15.6 Å². The summed E-state index contributed by atoms with van der Waals surface area (Å²) in [5.74, 6) is -0.326. The van der Waals surface area contributed by atoms with Gasteiger partial charge in [-0.15, -0.1) is 0 Å². The molecule has 9 heteroatoms. The third-order valence-electron chi connectivity index (χ3n) is 3.29. The van der Waals surface area contributed by atoms with Crippen LogP contribution in [0.15, 0.2) is 39.9 Å². The molecule has 0 unspecified atom stereocenters. The van der Waals surface area contributed by atoms with Crippen LogP contribution in [0.5, 0.6) is 11.5 Å². The van der Waals surface area contributed by atoms with Crippen molar-refractivity contribution in [3.05, 3.63) is 56.0 Å². The molecule has 2 aromatic rings. The standard InChI is InChI=1S/C18H17BrCl2N2O4/c1-2-26-16-7-11(6-13(19)18(16)27-10-17(24)25)8-22-23-9-12-14(20)4-3-5-15(12)21/h3-8,23H,2,9-10H2,1H3,(H,24,25)/b22-8+. The van der Waals surface area contributed by atoms with E-state index in [1.165, 1.54) is 0 Å². The third kappa shape index (κ3) is 6.30. The van der Waals surface area contributed by atoms with E-state index in [-0.39, 0.29) is 0 Å². The maximum atomic E-state index is 10.7. The SMILES string of the molecule is CCOc1cc(/C=N/NCc2c(Cl)cccc2Cl)cc(Br)c1OCC(=O)O. The van der Waals surface area contributed by atoms with Crippen molar-refractivity contribution in [2.75, 3.05) is 13.2 Å². The molecular weight excluding hydrogens is 459 g/mol. The summed E-state index contributed by atoms with van der Waals surface area (Å²) in [5, 5.41) is 14.1. The molecule has 0 radical (unpaired) electrons. The van der Waals surface area contributed by atoms with Gasteiger partial charge in [-0.25, -0.2) is 4.79 Å². The average molecular weight is 476 g/mol. The summed E-state index contributed by atoms with van der Waals surface area (Å²) in [6.07, 6.45) is 1.60. The van der Waals surface area contributed by atoms with Crippen LogP contribution >= 0.6 is 39.1 Å². The fourth-order valence-electron chi connectivity index (χ4n) is 2.15. The van der Waals surface area contributed by atoms with Crippen LogP contribution in [-0.4, -0.2) is 30.5 Å². The summed E-state index contributed by atoms with van der Waals surface area (Å²) in [4.78, 5) is 10.7. The van der Waals surface area contributed by atoms with Crippen molar-refractivity contribution in [3.63, 3.8) is 0 Å². The molecule has 0 fully saturated rings. The number of rotatable bonds is 9. The number of nitrogens with zero attached hydrogens (tertiary/aromatic N) is 1. The van der Waals surface area contributed by atoms with Crippen LogP contribution in [0.1, 0.15) is 18.1 Å². The van der Waals surface area contributed by atoms with E-state index in [1.54, 1.807) is 36.5 Å². The largest absolute Gasteiger partial charge is 0.490 e. The van der Waals surface area contributed by atoms with Gasteiger partial charge in [0.2, 0.25) is 0 Å². The minimum atomic E-state index is -1.07. The first-order valence-corrected chi connectivity index (χ1v) is 9.47. The first kappa shape index (κ1) is 21.3. The lowest BCUT2D eigenvalue weighted by Crippen LogP contribution is -2.11. The Balaban J connectivity index is 2.11. The van der Waals surface area contributed by atoms with Crippen LogP contribution in [0, 0.1) is 0 Å². The average Bonchev–Trinajstić information content (AvgIpc) is 2.60. The van der Waals surface area contributed by atoms with Crippen LogP contribution < -0.4 is 14.9 Å². The highest BCUT2D eigenvalue weighted by Gasteiger charge is 2.13. The number of carboxylic acid groups (broad SMARTS) is 1. The topological polar surface area (TPSA) is 80.1 Å². The number of hydrogen-bond donors (Lipinski definition) is 2. The quantitative estimate of drug-likeness (QED) is 0.404. The summed E-state index contributed by atoms with van der Waals surface area (Å²) in [5.41, 5.74) is 4.38. The lowest BCUT2D eigenvalue weighted by Gasteiger charge is -2.13. The Kier molecular flexibility index (Phi) is 8.22. The predicted octanol–water partition coefficient (Wildman–Crippen LogP) is 4.74. The van der Waals surface area contributed by atoms with Gasteiger partial charge >= 0.3 is 5.97 Å². The second-order valence-electron chi connectivity index (χ2n) is 5.24. The molecule has 0 aliphatic heterocycles. The normalized spacial score (nSPS) is 10.8. The highest BCUT2D eigenvalue weighted by molar-refractivity contribution is 9.10. The minimum Gasteiger partial charge on any atom is -0.490 e. The molecule has 27 heavy (non-hydrogen) atoms. The van der Waals surface area contributed by atoms with Crippen LogP contribution in [0.25, 0.3) is 0 Å². The van der Waals surface area contributed by atoms with Crippen LogP contribution in [0.3, 0.4) is 0 Å². The van der Waals surface area contributed by atoms with E-state index in [1.807, 2.05) is 6.92 Å². The highest BCUT2D eigenvalue weighted by Crippen LogP contribution is 2.36. The minimum absolute atomic E-state index is 0.326. The molecule has 0 aromatic heterocycles. The molecule has 0 saturated carbocycles. The first-order valence-electron chi connectivity index (χ1n) is 7.92. The molecule has 2 aromatic carbocycles. The summed E-state index contributed by atoms with van der Waals surface area (Å²) >= 11 is 15.6. The molecule has 0 amide bonds. The fourth-order valence-corrected chi connectivity index (χ4v) is 3.25. The maximum Gasteiger partial charge on any atom is 0.341 e. The van der Waals surface area contributed by atoms with Gasteiger partial charge in [0.15, 0.2) is 18.1 Å². The van der Waals surface area contributed by atoms with Gasteiger partial charge in [-0.05, 0) is 52.7 Å². The number of hydrazone groups is 1. The molecule has 0 saturated heterocycles. The monoisotopic (exact) mass is 474 g/mol. The first-order chi connectivity index (χ1) is 12.9. The van der Waals surface area contributed by atoms with Gasteiger partial charge < -0.3 is 20.0 Å². The Bertz CT molecular complexity index is 826. The Hall–Kier alpha value is -1.96. The third-order valence-corrected chi connectivity index (χ3v) is 4.59. The molecule has 0 aliphatic carbocycles. The van der Waals surface area contributed by atoms with Crippen molar-refractivity contribution in [2.24, 2.45) is 5.10 Å². The summed E-state index contributed by atoms with van der Waals surface area (Å²) in [6, 6.07) is 8.75. The number of hydrogen-bond acceptors (Lipinski definition) is 5. The zero-order valence-electron chi connectivity index (χ0n) is 14.3. The lowest BCUT2D eigenvalue weighted by molar-refractivity contribution is -0.139. The van der Waals surface area contributed by atoms with Crippen molar-refractivity contribution in [1.82, 2.24) is 5.43 Å². The van der Waals surface area contributed by atoms with Crippen molar-refractivity contribution < 1.29 is 19.4 Å². The van der Waals surface area contributed by atoms with Gasteiger partial charge in [-0.2, -0.15) is 5.10 Å². The smallest absolute Gasteiger partial charge is 0.341 e. The number of nitrogens with one attached hydrogen (secondary N) is 1. The van der Waals surface area contributed by atoms with Crippen molar-refractivity contribution in [2.45, 2.75) is 13.5 Å². The molecule has 0 atom stereocenters. The molecule has 2 N–H and O–H groups in total. The summed E-state index contributed by atoms with van der Waals surface area (Å²) in [7, 11) is 0. The Morgan fingerprint density at radius 3 is 2.63 bits per heavy atom. The number of halogens is 3. The second kappa shape index (κ2) is 10.4. The Morgan fingerprint density at radius 1 is 1.30 bits per heavy atom. The van der Waals surface area contributed by atoms with Gasteiger partial charge in [-0.3, -0.25) is 0 Å². The zero-order chi connectivity index (χ0) is 19.8. The van der Waals surface area contributed by atoms with Crippen LogP contribution in [0.4, 0.5) is 0 Å². The number of benzene rings is 2. The highest BCUT2D eigenvalue weighted by atomic mass is 79.9. The van der Waals surface area contributed by atoms with Crippen molar-refractivity contribution in [3.8, 4) is 11.5 Å². The van der Waals surface area contributed by atoms with E-state index in [9.17, 15) is 4.79 Å². The van der Waals surface area contributed by atoms with Gasteiger partial charge in [-0.1, -0.05) is 29.3 Å². The number of carboxylic acids is 1. The van der Waals surface area contributed by atoms with E-state index >= 15 is 0 Å². The van der Waals surface area contributed by atoms with Gasteiger partial charge in [0.05, 0.1) is 23.8 Å². The fraction of sp³-hybridized carbons (Fsp3) is 0.222. The van der Waals surface area contributed by atoms with Crippen LogP contribution in [0.2, 0.25) is 10.0 Å². The van der Waals surface area contributed by atoms with E-state index in [0.29, 0.717) is 39.2 Å². The predicted molar refractivity (Wildman–Crippen MR) is 109 cm³/mol. The Labute approximate surface area is 175 Å². The van der Waals surface area contributed by atoms with E-state index in [4.69, 9.17) is 37.8 Å². The molecule has 0 bridgehead atoms. The second-order valence-corrected chi connectivity index (χ2v) is 6.91. The molecular formula is C18H17BrCl2N2O4. The van der Waals surface area contributed by atoms with Crippen LogP contribution in [-0.2, 0) is 11.3 Å². The van der Waals surface area contributed by atoms with E-state index < -0.39 is 12.6 Å². The number of aliphatic carboxylic acids is 1. The molecule has 6 nitrogen and oxygen atoms in total. The zero-order valence-corrected chi connectivity index (χ0v) is 17.4. The maximum absolute atomic E-state index is 10.7. The summed E-state index contributed by atoms with van der Waals surface area (Å²) < 4.78 is 11.4. The van der Waals surface area contributed by atoms with E-state index in [2.05, 4.69) is 26.5 Å².